The van der Waals surface area contributed by atoms with Crippen molar-refractivity contribution in [1.29, 1.82) is 0 Å². The maximum Gasteiger partial charge on any atom is 0.123 e. The maximum atomic E-state index is 5.87. The highest BCUT2D eigenvalue weighted by Crippen LogP contribution is 2.37. The minimum Gasteiger partial charge on any atom is -0.384 e. The van der Waals surface area contributed by atoms with Crippen molar-refractivity contribution in [3.05, 3.63) is 53.2 Å². The summed E-state index contributed by atoms with van der Waals surface area (Å²) in [4.78, 5) is 10.2. The van der Waals surface area contributed by atoms with E-state index in [4.69, 9.17) is 16.5 Å². The summed E-state index contributed by atoms with van der Waals surface area (Å²) in [6.07, 6.45) is 5.06. The maximum absolute atomic E-state index is 5.87. The van der Waals surface area contributed by atoms with E-state index in [0.29, 0.717) is 12.4 Å². The largest absolute Gasteiger partial charge is 0.384 e. The number of nitrogen functional groups attached to an aromatic ring is 1. The number of nitrogens with two attached hydrogens (primary N) is 2. The third-order valence-corrected chi connectivity index (χ3v) is 5.06. The quantitative estimate of drug-likeness (QED) is 0.704. The summed E-state index contributed by atoms with van der Waals surface area (Å²) in [6, 6.07) is 12.2. The Morgan fingerprint density at radius 3 is 2.75 bits per heavy atom. The number of anilines is 1. The zero-order valence-corrected chi connectivity index (χ0v) is 14.6. The molecular formula is C19H22N4S. The first-order valence-corrected chi connectivity index (χ1v) is 9.04. The number of hydrogen-bond donors (Lipinski definition) is 2. The van der Waals surface area contributed by atoms with E-state index in [1.807, 2.05) is 24.3 Å². The molecule has 1 aromatic carbocycles. The standard InChI is InChI=1S/C19H22N4S/c1-2-3-7-17-23-18(14-6-4-5-13(10-14)12-20)19(24-17)15-8-9-22-16(21)11-15/h4-6,8-11H,2-3,7,12,20H2,1H3,(H2,21,22). The van der Waals surface area contributed by atoms with Gasteiger partial charge in [-0.3, -0.25) is 0 Å². The average Bonchev–Trinajstić information content (AvgIpc) is 3.04. The van der Waals surface area contributed by atoms with Crippen LogP contribution in [0.2, 0.25) is 0 Å². The highest BCUT2D eigenvalue weighted by atomic mass is 32.1. The lowest BCUT2D eigenvalue weighted by molar-refractivity contribution is 0.790. The van der Waals surface area contributed by atoms with Crippen LogP contribution in [0.3, 0.4) is 0 Å². The summed E-state index contributed by atoms with van der Waals surface area (Å²) in [5.41, 5.74) is 15.9. The fourth-order valence-corrected chi connectivity index (χ4v) is 3.75. The summed E-state index contributed by atoms with van der Waals surface area (Å²) < 4.78 is 0. The first kappa shape index (κ1) is 16.6. The summed E-state index contributed by atoms with van der Waals surface area (Å²) in [6.45, 7) is 2.72. The number of benzene rings is 1. The van der Waals surface area contributed by atoms with Gasteiger partial charge in [0.05, 0.1) is 15.6 Å². The van der Waals surface area contributed by atoms with Crippen LogP contribution in [0.5, 0.6) is 0 Å². The smallest absolute Gasteiger partial charge is 0.123 e. The van der Waals surface area contributed by atoms with E-state index < -0.39 is 0 Å². The molecule has 0 saturated heterocycles. The van der Waals surface area contributed by atoms with Crippen LogP contribution in [-0.4, -0.2) is 9.97 Å². The minimum absolute atomic E-state index is 0.526. The topological polar surface area (TPSA) is 77.8 Å². The number of aryl methyl sites for hydroxylation is 1. The van der Waals surface area contributed by atoms with Crippen LogP contribution < -0.4 is 11.5 Å². The third-order valence-electron chi connectivity index (χ3n) is 3.90. The van der Waals surface area contributed by atoms with Crippen LogP contribution in [0.4, 0.5) is 5.82 Å². The predicted molar refractivity (Wildman–Crippen MR) is 102 cm³/mol. The molecule has 2 heterocycles. The number of hydrogen-bond acceptors (Lipinski definition) is 5. The first-order valence-electron chi connectivity index (χ1n) is 8.22. The van der Waals surface area contributed by atoms with Gasteiger partial charge >= 0.3 is 0 Å². The van der Waals surface area contributed by atoms with Crippen molar-refractivity contribution in [1.82, 2.24) is 9.97 Å². The van der Waals surface area contributed by atoms with Gasteiger partial charge in [0.2, 0.25) is 0 Å². The van der Waals surface area contributed by atoms with E-state index in [0.717, 1.165) is 51.5 Å². The Labute approximate surface area is 146 Å². The summed E-state index contributed by atoms with van der Waals surface area (Å²) in [7, 11) is 0. The molecule has 0 aliphatic heterocycles. The molecule has 0 atom stereocenters. The van der Waals surface area contributed by atoms with Gasteiger partial charge in [0.25, 0.3) is 0 Å². The summed E-state index contributed by atoms with van der Waals surface area (Å²) >= 11 is 1.74. The molecule has 3 rings (SSSR count). The Balaban J connectivity index is 2.10. The Kier molecular flexibility index (Phi) is 5.23. The van der Waals surface area contributed by atoms with E-state index in [2.05, 4.69) is 24.0 Å². The fourth-order valence-electron chi connectivity index (χ4n) is 2.63. The number of thiazole rings is 1. The molecule has 0 spiro atoms. The lowest BCUT2D eigenvalue weighted by atomic mass is 10.0. The molecule has 24 heavy (non-hydrogen) atoms. The number of pyridine rings is 1. The van der Waals surface area contributed by atoms with E-state index in [1.54, 1.807) is 17.5 Å². The van der Waals surface area contributed by atoms with Gasteiger partial charge in [-0.25, -0.2) is 9.97 Å². The van der Waals surface area contributed by atoms with Crippen molar-refractivity contribution in [2.45, 2.75) is 32.7 Å². The Morgan fingerprint density at radius 1 is 1.12 bits per heavy atom. The van der Waals surface area contributed by atoms with Gasteiger partial charge in [0.15, 0.2) is 0 Å². The van der Waals surface area contributed by atoms with Gasteiger partial charge in [-0.1, -0.05) is 31.5 Å². The monoisotopic (exact) mass is 338 g/mol. The Morgan fingerprint density at radius 2 is 2.00 bits per heavy atom. The predicted octanol–water partition coefficient (Wildman–Crippen LogP) is 4.26. The van der Waals surface area contributed by atoms with Crippen molar-refractivity contribution < 1.29 is 0 Å². The molecular weight excluding hydrogens is 316 g/mol. The second-order valence-electron chi connectivity index (χ2n) is 5.76. The fraction of sp³-hybridized carbons (Fsp3) is 0.263. The van der Waals surface area contributed by atoms with Gasteiger partial charge in [0.1, 0.15) is 5.82 Å². The molecule has 0 amide bonds. The van der Waals surface area contributed by atoms with Crippen molar-refractivity contribution in [2.75, 3.05) is 5.73 Å². The minimum atomic E-state index is 0.526. The molecule has 0 saturated carbocycles. The molecule has 0 fully saturated rings. The second kappa shape index (κ2) is 7.55. The molecule has 0 aliphatic rings. The first-order chi connectivity index (χ1) is 11.7. The van der Waals surface area contributed by atoms with Gasteiger partial charge in [-0.15, -0.1) is 11.3 Å². The number of rotatable bonds is 6. The highest BCUT2D eigenvalue weighted by molar-refractivity contribution is 7.15. The molecule has 4 nitrogen and oxygen atoms in total. The number of nitrogens with zero attached hydrogens (tertiary/aromatic N) is 2. The summed E-state index contributed by atoms with van der Waals surface area (Å²) in [5, 5.41) is 1.16. The van der Waals surface area contributed by atoms with Gasteiger partial charge < -0.3 is 11.5 Å². The normalized spacial score (nSPS) is 10.9. The van der Waals surface area contributed by atoms with Crippen LogP contribution >= 0.6 is 11.3 Å². The zero-order valence-electron chi connectivity index (χ0n) is 13.8. The average molecular weight is 338 g/mol. The van der Waals surface area contributed by atoms with Crippen molar-refractivity contribution in [3.63, 3.8) is 0 Å². The van der Waals surface area contributed by atoms with Crippen LogP contribution in [0.25, 0.3) is 21.7 Å². The number of unbranched alkanes of at least 4 members (excludes halogenated alkanes) is 1. The molecule has 0 radical (unpaired) electrons. The Bertz CT molecular complexity index is 826. The van der Waals surface area contributed by atoms with Gasteiger partial charge in [-0.05, 0) is 42.2 Å². The third kappa shape index (κ3) is 3.63. The molecule has 0 bridgehead atoms. The molecule has 4 N–H and O–H groups in total. The van der Waals surface area contributed by atoms with Crippen LogP contribution in [-0.2, 0) is 13.0 Å². The van der Waals surface area contributed by atoms with Gasteiger partial charge in [0, 0.05) is 18.3 Å². The molecule has 0 unspecified atom stereocenters. The lowest BCUT2D eigenvalue weighted by Crippen LogP contribution is -1.96. The molecule has 0 aliphatic carbocycles. The van der Waals surface area contributed by atoms with E-state index in [-0.39, 0.29) is 0 Å². The highest BCUT2D eigenvalue weighted by Gasteiger charge is 2.15. The van der Waals surface area contributed by atoms with E-state index in [9.17, 15) is 0 Å². The van der Waals surface area contributed by atoms with E-state index in [1.165, 1.54) is 0 Å². The number of aromatic nitrogens is 2. The molecule has 2 aromatic heterocycles. The second-order valence-corrected chi connectivity index (χ2v) is 6.85. The summed E-state index contributed by atoms with van der Waals surface area (Å²) in [5.74, 6) is 0.526. The Hall–Kier alpha value is -2.24. The SMILES string of the molecule is CCCCc1nc(-c2cccc(CN)c2)c(-c2ccnc(N)c2)s1. The van der Waals surface area contributed by atoms with Crippen LogP contribution in [0.1, 0.15) is 30.3 Å². The molecule has 5 heteroatoms. The molecule has 124 valence electrons. The van der Waals surface area contributed by atoms with Crippen molar-refractivity contribution in [2.24, 2.45) is 5.73 Å². The lowest BCUT2D eigenvalue weighted by Gasteiger charge is -2.05. The van der Waals surface area contributed by atoms with E-state index >= 15 is 0 Å². The van der Waals surface area contributed by atoms with Crippen LogP contribution in [0.15, 0.2) is 42.6 Å². The van der Waals surface area contributed by atoms with Crippen molar-refractivity contribution >= 4 is 17.2 Å². The van der Waals surface area contributed by atoms with Gasteiger partial charge in [-0.2, -0.15) is 0 Å². The van der Waals surface area contributed by atoms with Crippen LogP contribution in [0, 0.1) is 0 Å². The molecule has 3 aromatic rings. The zero-order chi connectivity index (χ0) is 16.9. The van der Waals surface area contributed by atoms with Crippen molar-refractivity contribution in [3.8, 4) is 21.7 Å².